The maximum Gasteiger partial charge on any atom is 0.233 e. The van der Waals surface area contributed by atoms with E-state index in [1.807, 2.05) is 79.7 Å². The smallest absolute Gasteiger partial charge is 0.233 e. The molecule has 0 aliphatic rings. The minimum Gasteiger partial charge on any atom is -0.399 e. The van der Waals surface area contributed by atoms with Gasteiger partial charge in [-0.2, -0.15) is 29.9 Å². The highest BCUT2D eigenvalue weighted by Crippen LogP contribution is 2.22. The van der Waals surface area contributed by atoms with Gasteiger partial charge in [-0.3, -0.25) is 0 Å². The second-order valence-corrected chi connectivity index (χ2v) is 10.4. The summed E-state index contributed by atoms with van der Waals surface area (Å²) in [5, 5.41) is 18.6. The van der Waals surface area contributed by atoms with Gasteiger partial charge >= 0.3 is 0 Å². The summed E-state index contributed by atoms with van der Waals surface area (Å²) in [6.07, 6.45) is 0. The van der Waals surface area contributed by atoms with E-state index in [1.165, 1.54) is 0 Å². The number of nitrogen functional groups attached to an aromatic ring is 4. The Hall–Kier alpha value is -7.10. The number of hydrogen-bond donors (Lipinski definition) is 10. The van der Waals surface area contributed by atoms with Gasteiger partial charge in [0.25, 0.3) is 0 Å². The molecule has 0 saturated carbocycles. The second-order valence-electron chi connectivity index (χ2n) is 10.4. The molecule has 0 amide bonds. The van der Waals surface area contributed by atoms with Crippen LogP contribution >= 0.6 is 0 Å². The molecular weight excluding hydrogens is 620 g/mol. The molecule has 0 unspecified atom stereocenters. The fourth-order valence-corrected chi connectivity index (χ4v) is 4.11. The molecule has 250 valence electrons. The molecule has 0 fully saturated rings. The molecule has 14 N–H and O–H groups in total. The average Bonchev–Trinajstić information content (AvgIpc) is 3.09. The Bertz CT molecular complexity index is 1800. The van der Waals surface area contributed by atoms with Gasteiger partial charge in [-0.25, -0.2) is 0 Å². The summed E-state index contributed by atoms with van der Waals surface area (Å²) in [5.41, 5.74) is 28.9. The first-order valence-corrected chi connectivity index (χ1v) is 15.2. The first-order valence-electron chi connectivity index (χ1n) is 15.2. The Kier molecular flexibility index (Phi) is 10.8. The van der Waals surface area contributed by atoms with E-state index in [2.05, 4.69) is 61.8 Å². The van der Waals surface area contributed by atoms with Crippen molar-refractivity contribution in [2.45, 2.75) is 6.92 Å². The third-order valence-corrected chi connectivity index (χ3v) is 6.50. The van der Waals surface area contributed by atoms with E-state index in [4.69, 9.17) is 22.9 Å². The molecule has 16 heteroatoms. The zero-order valence-electron chi connectivity index (χ0n) is 26.9. The monoisotopic (exact) mass is 658 g/mol. The summed E-state index contributed by atoms with van der Waals surface area (Å²) in [7, 11) is 1.75. The van der Waals surface area contributed by atoms with Crippen LogP contribution in [-0.4, -0.2) is 43.5 Å². The van der Waals surface area contributed by atoms with Crippen LogP contribution in [0.1, 0.15) is 6.92 Å². The molecule has 0 atom stereocenters. The quantitative estimate of drug-likeness (QED) is 0.0769. The Morgan fingerprint density at radius 3 is 0.878 bits per heavy atom. The lowest BCUT2D eigenvalue weighted by atomic mass is 10.3. The number of benzene rings is 4. The summed E-state index contributed by atoms with van der Waals surface area (Å²) in [4.78, 5) is 26.1. The molecule has 0 aliphatic carbocycles. The van der Waals surface area contributed by atoms with Crippen molar-refractivity contribution in [3.63, 3.8) is 0 Å². The van der Waals surface area contributed by atoms with E-state index in [0.29, 0.717) is 65.0 Å². The number of hydrogen-bond acceptors (Lipinski definition) is 16. The van der Waals surface area contributed by atoms with Gasteiger partial charge in [0.1, 0.15) is 0 Å². The summed E-state index contributed by atoms with van der Waals surface area (Å²) in [5.74, 6) is 2.60. The van der Waals surface area contributed by atoms with Crippen molar-refractivity contribution in [1.82, 2.24) is 29.9 Å². The highest BCUT2D eigenvalue weighted by molar-refractivity contribution is 5.63. The van der Waals surface area contributed by atoms with Gasteiger partial charge in [0.05, 0.1) is 0 Å². The number of nitrogens with zero attached hydrogens (tertiary/aromatic N) is 6. The van der Waals surface area contributed by atoms with Gasteiger partial charge in [0.15, 0.2) is 0 Å². The third-order valence-electron chi connectivity index (χ3n) is 6.50. The van der Waals surface area contributed by atoms with E-state index < -0.39 is 0 Å². The number of rotatable bonds is 11. The van der Waals surface area contributed by atoms with Crippen LogP contribution in [0.5, 0.6) is 0 Å². The summed E-state index contributed by atoms with van der Waals surface area (Å²) >= 11 is 0. The van der Waals surface area contributed by atoms with Crippen molar-refractivity contribution in [3.8, 4) is 0 Å². The molecule has 2 aromatic heterocycles. The molecule has 4 aromatic carbocycles. The molecule has 0 spiro atoms. The normalized spacial score (nSPS) is 10.2. The molecule has 6 aromatic rings. The largest absolute Gasteiger partial charge is 0.399 e. The predicted molar refractivity (Wildman–Crippen MR) is 200 cm³/mol. The molecule has 0 bridgehead atoms. The SMILES string of the molecule is CCNc1nc(Nc2ccc(N)cc2)nc(Nc2ccc(N)cc2)n1.CNc1nc(Nc2ccc(N)cc2)nc(Nc2ccc(N)cc2)n1. The first-order chi connectivity index (χ1) is 23.7. The van der Waals surface area contributed by atoms with Gasteiger partial charge in [-0.1, -0.05) is 0 Å². The van der Waals surface area contributed by atoms with Crippen LogP contribution in [0.15, 0.2) is 97.1 Å². The summed E-state index contributed by atoms with van der Waals surface area (Å²) in [6, 6.07) is 29.3. The van der Waals surface area contributed by atoms with E-state index in [0.717, 1.165) is 22.7 Å². The highest BCUT2D eigenvalue weighted by Gasteiger charge is 2.09. The van der Waals surface area contributed by atoms with Crippen LogP contribution in [0.25, 0.3) is 0 Å². The zero-order chi connectivity index (χ0) is 34.6. The van der Waals surface area contributed by atoms with E-state index in [-0.39, 0.29) is 0 Å². The Labute approximate surface area is 283 Å². The topological polar surface area (TPSA) is 254 Å². The van der Waals surface area contributed by atoms with Gasteiger partial charge in [-0.15, -0.1) is 0 Å². The molecule has 0 saturated heterocycles. The van der Waals surface area contributed by atoms with E-state index in [9.17, 15) is 0 Å². The maximum atomic E-state index is 5.71. The molecule has 49 heavy (non-hydrogen) atoms. The molecule has 0 radical (unpaired) electrons. The third kappa shape index (κ3) is 10.2. The van der Waals surface area contributed by atoms with Gasteiger partial charge < -0.3 is 54.8 Å². The van der Waals surface area contributed by atoms with E-state index >= 15 is 0 Å². The maximum absolute atomic E-state index is 5.71. The van der Waals surface area contributed by atoms with Crippen LogP contribution < -0.4 is 54.8 Å². The molecule has 0 aliphatic heterocycles. The number of anilines is 14. The van der Waals surface area contributed by atoms with Crippen molar-refractivity contribution in [2.75, 3.05) is 68.4 Å². The highest BCUT2D eigenvalue weighted by atomic mass is 15.3. The van der Waals surface area contributed by atoms with Gasteiger partial charge in [0, 0.05) is 59.1 Å². The predicted octanol–water partition coefficient (Wildman–Crippen LogP) is 5.52. The summed E-state index contributed by atoms with van der Waals surface area (Å²) in [6.45, 7) is 2.68. The zero-order valence-corrected chi connectivity index (χ0v) is 26.9. The fraction of sp³-hybridized carbons (Fsp3) is 0.0909. The number of nitrogens with two attached hydrogens (primary N) is 4. The Morgan fingerprint density at radius 1 is 0.388 bits per heavy atom. The lowest BCUT2D eigenvalue weighted by Gasteiger charge is -2.11. The van der Waals surface area contributed by atoms with Crippen molar-refractivity contribution < 1.29 is 0 Å². The lowest BCUT2D eigenvalue weighted by Crippen LogP contribution is -2.09. The second kappa shape index (κ2) is 15.9. The Morgan fingerprint density at radius 2 is 0.633 bits per heavy atom. The van der Waals surface area contributed by atoms with Gasteiger partial charge in [0.2, 0.25) is 35.7 Å². The number of aromatic nitrogens is 6. The summed E-state index contributed by atoms with van der Waals surface area (Å²) < 4.78 is 0. The van der Waals surface area contributed by atoms with E-state index in [1.54, 1.807) is 31.3 Å². The van der Waals surface area contributed by atoms with Crippen molar-refractivity contribution >= 4 is 81.2 Å². The minimum atomic E-state index is 0.414. The standard InChI is InChI=1S/C17H20N8.C16H18N8/c1-2-20-15-23-16(21-13-7-3-11(18)4-8-13)25-17(24-15)22-14-9-5-12(19)6-10-14;1-19-14-22-15(20-12-6-2-10(17)3-7-12)24-16(23-14)21-13-8-4-11(18)5-9-13/h3-10H,2,18-19H2,1H3,(H3,20,21,22,23,24,25);2-9H,17-18H2,1H3,(H3,19,20,21,22,23,24). The van der Waals surface area contributed by atoms with Crippen LogP contribution in [0.3, 0.4) is 0 Å². The molecule has 6 rings (SSSR count). The van der Waals surface area contributed by atoms with Crippen LogP contribution in [-0.2, 0) is 0 Å². The average molecular weight is 659 g/mol. The van der Waals surface area contributed by atoms with Crippen LogP contribution in [0, 0.1) is 0 Å². The molecular formula is C33H38N16. The van der Waals surface area contributed by atoms with Crippen molar-refractivity contribution in [2.24, 2.45) is 0 Å². The van der Waals surface area contributed by atoms with Crippen molar-refractivity contribution in [3.05, 3.63) is 97.1 Å². The van der Waals surface area contributed by atoms with Crippen molar-refractivity contribution in [1.29, 1.82) is 0 Å². The fourth-order valence-electron chi connectivity index (χ4n) is 4.11. The lowest BCUT2D eigenvalue weighted by molar-refractivity contribution is 1.03. The first kappa shape index (κ1) is 33.3. The van der Waals surface area contributed by atoms with Crippen LogP contribution in [0.2, 0.25) is 0 Å². The molecule has 2 heterocycles. The van der Waals surface area contributed by atoms with Gasteiger partial charge in [-0.05, 0) is 104 Å². The molecule has 16 nitrogen and oxygen atoms in total. The van der Waals surface area contributed by atoms with Crippen LogP contribution in [0.4, 0.5) is 81.2 Å². The number of nitrogens with one attached hydrogen (secondary N) is 6. The Balaban J connectivity index is 0.000000191. The minimum absolute atomic E-state index is 0.414.